The Morgan fingerprint density at radius 1 is 1.00 bits per heavy atom. The maximum atomic E-state index is 5.45. The normalized spacial score (nSPS) is 12.7. The molecular weight excluding hydrogens is 282 g/mol. The summed E-state index contributed by atoms with van der Waals surface area (Å²) >= 11 is 0. The minimum Gasteiger partial charge on any atom is -0.377 e. The summed E-state index contributed by atoms with van der Waals surface area (Å²) in [6.45, 7) is 7.75. The first-order chi connectivity index (χ1) is 9.88. The fraction of sp³-hybridized carbons (Fsp3) is 0.688. The van der Waals surface area contributed by atoms with Crippen molar-refractivity contribution in [1.82, 2.24) is 0 Å². The van der Waals surface area contributed by atoms with Crippen molar-refractivity contribution in [2.45, 2.75) is 51.6 Å². The van der Waals surface area contributed by atoms with E-state index in [0.29, 0.717) is 0 Å². The van der Waals surface area contributed by atoms with Crippen molar-refractivity contribution in [2.75, 3.05) is 21.3 Å². The lowest BCUT2D eigenvalue weighted by molar-refractivity contribution is -0.707. The second kappa shape index (κ2) is 8.03. The molecule has 4 nitrogen and oxygen atoms in total. The van der Waals surface area contributed by atoms with Crippen LogP contribution in [-0.2, 0) is 25.2 Å². The van der Waals surface area contributed by atoms with Gasteiger partial charge in [-0.25, -0.2) is 4.57 Å². The van der Waals surface area contributed by atoms with Crippen molar-refractivity contribution in [3.8, 4) is 0 Å². The van der Waals surface area contributed by atoms with E-state index in [2.05, 4.69) is 49.7 Å². The summed E-state index contributed by atoms with van der Waals surface area (Å²) in [7, 11) is 2.59. The molecule has 0 aliphatic carbocycles. The molecule has 1 rings (SSSR count). The Hall–Kier alpha value is -0.753. The number of hydrogen-bond acceptors (Lipinski definition) is 3. The molecule has 21 heavy (non-hydrogen) atoms. The molecule has 0 radical (unpaired) electrons. The Kier molecular flexibility index (Phi) is 7.00. The molecule has 0 bridgehead atoms. The average molecular weight is 313 g/mol. The van der Waals surface area contributed by atoms with Crippen LogP contribution in [0.15, 0.2) is 24.4 Å². The van der Waals surface area contributed by atoms with Gasteiger partial charge < -0.3 is 13.3 Å². The highest BCUT2D eigenvalue weighted by molar-refractivity contribution is 6.60. The SMILES string of the molecule is CO[Si](CCCC[n+]1ccccc1C(C)(C)C)(OC)OC. The van der Waals surface area contributed by atoms with E-state index in [4.69, 9.17) is 13.3 Å². The molecule has 0 fully saturated rings. The number of aryl methyl sites for hydroxylation is 1. The summed E-state index contributed by atoms with van der Waals surface area (Å²) in [6, 6.07) is 7.26. The van der Waals surface area contributed by atoms with Crippen LogP contribution in [0.25, 0.3) is 0 Å². The summed E-state index contributed by atoms with van der Waals surface area (Å²) in [6.07, 6.45) is 4.28. The molecule has 0 aliphatic heterocycles. The number of hydrogen-bond donors (Lipinski definition) is 0. The quantitative estimate of drug-likeness (QED) is 0.420. The number of nitrogens with zero attached hydrogens (tertiary/aromatic N) is 1. The van der Waals surface area contributed by atoms with Crippen LogP contribution in [0.1, 0.15) is 39.3 Å². The van der Waals surface area contributed by atoms with Gasteiger partial charge in [0.25, 0.3) is 0 Å². The van der Waals surface area contributed by atoms with Crippen molar-refractivity contribution in [1.29, 1.82) is 0 Å². The van der Waals surface area contributed by atoms with Crippen LogP contribution in [0.2, 0.25) is 6.04 Å². The van der Waals surface area contributed by atoms with E-state index in [1.165, 1.54) is 5.69 Å². The van der Waals surface area contributed by atoms with Gasteiger partial charge in [0.05, 0.1) is 0 Å². The van der Waals surface area contributed by atoms with Crippen LogP contribution in [0.5, 0.6) is 0 Å². The molecule has 5 heteroatoms. The van der Waals surface area contributed by atoms with Crippen molar-refractivity contribution >= 4 is 8.80 Å². The van der Waals surface area contributed by atoms with Crippen molar-refractivity contribution in [3.05, 3.63) is 30.1 Å². The molecule has 0 atom stereocenters. The maximum Gasteiger partial charge on any atom is 0.500 e. The number of unbranched alkanes of at least 4 members (excludes halogenated alkanes) is 1. The highest BCUT2D eigenvalue weighted by atomic mass is 28.4. The summed E-state index contributed by atoms with van der Waals surface area (Å²) in [5.41, 5.74) is 1.52. The Balaban J connectivity index is 2.58. The highest BCUT2D eigenvalue weighted by Crippen LogP contribution is 2.19. The van der Waals surface area contributed by atoms with E-state index < -0.39 is 8.80 Å². The summed E-state index contributed by atoms with van der Waals surface area (Å²) in [4.78, 5) is 0. The minimum atomic E-state index is -2.42. The molecular formula is C16H30NO3Si+. The zero-order valence-corrected chi connectivity index (χ0v) is 15.3. The molecule has 0 unspecified atom stereocenters. The Bertz CT molecular complexity index is 420. The van der Waals surface area contributed by atoms with Gasteiger partial charge in [-0.2, -0.15) is 0 Å². The maximum absolute atomic E-state index is 5.45. The fourth-order valence-electron chi connectivity index (χ4n) is 2.53. The number of pyridine rings is 1. The predicted octanol–water partition coefficient (Wildman–Crippen LogP) is 2.93. The van der Waals surface area contributed by atoms with E-state index in [1.807, 2.05) is 0 Å². The molecule has 1 aromatic heterocycles. The van der Waals surface area contributed by atoms with Crippen molar-refractivity contribution < 1.29 is 17.8 Å². The second-order valence-corrected chi connectivity index (χ2v) is 9.37. The first-order valence-corrected chi connectivity index (χ1v) is 9.46. The van der Waals surface area contributed by atoms with Gasteiger partial charge in [0.1, 0.15) is 6.54 Å². The first kappa shape index (κ1) is 18.3. The van der Waals surface area contributed by atoms with Gasteiger partial charge in [-0.05, 0) is 6.42 Å². The monoisotopic (exact) mass is 312 g/mol. The fourth-order valence-corrected chi connectivity index (χ4v) is 4.33. The van der Waals surface area contributed by atoms with Crippen molar-refractivity contribution in [3.63, 3.8) is 0 Å². The molecule has 0 saturated carbocycles. The van der Waals surface area contributed by atoms with Gasteiger partial charge in [0.2, 0.25) is 0 Å². The van der Waals surface area contributed by atoms with E-state index in [9.17, 15) is 0 Å². The first-order valence-electron chi connectivity index (χ1n) is 7.53. The molecule has 0 aliphatic rings. The van der Waals surface area contributed by atoms with Crippen LogP contribution in [0.4, 0.5) is 0 Å². The molecule has 0 spiro atoms. The lowest BCUT2D eigenvalue weighted by Gasteiger charge is -2.24. The molecule has 1 heterocycles. The van der Waals surface area contributed by atoms with Gasteiger partial charge in [-0.15, -0.1) is 0 Å². The van der Waals surface area contributed by atoms with Crippen LogP contribution in [-0.4, -0.2) is 30.1 Å². The van der Waals surface area contributed by atoms with E-state index >= 15 is 0 Å². The second-order valence-electron chi connectivity index (χ2n) is 6.28. The molecule has 0 amide bonds. The molecule has 0 saturated heterocycles. The number of rotatable bonds is 8. The lowest BCUT2D eigenvalue weighted by atomic mass is 9.91. The largest absolute Gasteiger partial charge is 0.500 e. The smallest absolute Gasteiger partial charge is 0.377 e. The van der Waals surface area contributed by atoms with Crippen LogP contribution >= 0.6 is 0 Å². The molecule has 120 valence electrons. The van der Waals surface area contributed by atoms with Crippen molar-refractivity contribution in [2.24, 2.45) is 0 Å². The third-order valence-corrected chi connectivity index (χ3v) is 6.61. The standard InChI is InChI=1S/C16H30NO3Si/c1-16(2,3)15-11-7-8-12-17(15)13-9-10-14-21(18-4,19-5)20-6/h7-8,11-12H,9-10,13-14H2,1-6H3/q+1. The zero-order chi connectivity index (χ0) is 15.9. The third-order valence-electron chi connectivity index (χ3n) is 3.77. The number of aromatic nitrogens is 1. The average Bonchev–Trinajstić information content (AvgIpc) is 2.48. The summed E-state index contributed by atoms with van der Waals surface area (Å²) in [5, 5.41) is 0. The minimum absolute atomic E-state index is 0.158. The Labute approximate surface area is 130 Å². The summed E-state index contributed by atoms with van der Waals surface area (Å²) in [5.74, 6) is 0. The van der Waals surface area contributed by atoms with Crippen LogP contribution in [0, 0.1) is 0 Å². The Morgan fingerprint density at radius 3 is 2.14 bits per heavy atom. The van der Waals surface area contributed by atoms with E-state index in [0.717, 1.165) is 25.4 Å². The lowest BCUT2D eigenvalue weighted by Crippen LogP contribution is -2.44. The van der Waals surface area contributed by atoms with E-state index in [-0.39, 0.29) is 5.41 Å². The van der Waals surface area contributed by atoms with Gasteiger partial charge in [-0.1, -0.05) is 26.8 Å². The van der Waals surface area contributed by atoms with Crippen LogP contribution in [0.3, 0.4) is 0 Å². The third kappa shape index (κ3) is 5.18. The van der Waals surface area contributed by atoms with Gasteiger partial charge >= 0.3 is 8.80 Å². The zero-order valence-electron chi connectivity index (χ0n) is 14.3. The summed E-state index contributed by atoms with van der Waals surface area (Å²) < 4.78 is 18.7. The highest BCUT2D eigenvalue weighted by Gasteiger charge is 2.37. The predicted molar refractivity (Wildman–Crippen MR) is 86.2 cm³/mol. The topological polar surface area (TPSA) is 31.6 Å². The van der Waals surface area contributed by atoms with Gasteiger partial charge in [0.15, 0.2) is 11.9 Å². The molecule has 0 aromatic carbocycles. The molecule has 1 aromatic rings. The van der Waals surface area contributed by atoms with Crippen LogP contribution < -0.4 is 4.57 Å². The van der Waals surface area contributed by atoms with E-state index in [1.54, 1.807) is 21.3 Å². The Morgan fingerprint density at radius 2 is 1.62 bits per heavy atom. The molecule has 0 N–H and O–H groups in total. The van der Waals surface area contributed by atoms with Gasteiger partial charge in [-0.3, -0.25) is 0 Å². The van der Waals surface area contributed by atoms with Gasteiger partial charge in [0, 0.05) is 51.3 Å².